The van der Waals surface area contributed by atoms with Crippen molar-refractivity contribution in [3.63, 3.8) is 0 Å². The number of rotatable bonds is 10. The molecule has 5 aliphatic rings. The minimum atomic E-state index is -0.807. The fraction of sp³-hybridized carbons (Fsp3) is 0.512. The Hall–Kier alpha value is -6.11. The molecule has 2 aromatic heterocycles. The lowest BCUT2D eigenvalue weighted by molar-refractivity contribution is -0.134. The lowest BCUT2D eigenvalue weighted by Gasteiger charge is -2.37. The van der Waals surface area contributed by atoms with Crippen molar-refractivity contribution in [2.24, 2.45) is 18.7 Å². The Kier molecular flexibility index (Phi) is 10.6. The summed E-state index contributed by atoms with van der Waals surface area (Å²) >= 11 is 0. The van der Waals surface area contributed by atoms with Crippen molar-refractivity contribution in [1.82, 2.24) is 45.0 Å². The number of amides is 5. The molecular weight excluding hydrogens is 772 g/mol. The van der Waals surface area contributed by atoms with Gasteiger partial charge >= 0.3 is 6.03 Å². The number of carbonyl (C=O) groups is 4. The van der Waals surface area contributed by atoms with Gasteiger partial charge in [-0.1, -0.05) is 12.1 Å². The molecule has 19 heteroatoms. The minimum absolute atomic E-state index is 0.00697. The first kappa shape index (κ1) is 39.4. The first-order valence-corrected chi connectivity index (χ1v) is 20.9. The zero-order valence-corrected chi connectivity index (χ0v) is 34.0. The quantitative estimate of drug-likeness (QED) is 0.198. The lowest BCUT2D eigenvalue weighted by atomic mass is 9.92. The molecule has 18 nitrogen and oxygen atoms in total. The molecule has 5 saturated heterocycles. The van der Waals surface area contributed by atoms with Crippen molar-refractivity contribution in [3.8, 4) is 0 Å². The van der Waals surface area contributed by atoms with Crippen LogP contribution in [0.2, 0.25) is 0 Å². The normalized spacial score (nSPS) is 22.9. The molecule has 0 bridgehead atoms. The van der Waals surface area contributed by atoms with Crippen LogP contribution in [0.15, 0.2) is 36.4 Å². The molecule has 0 saturated carbocycles. The van der Waals surface area contributed by atoms with Crippen LogP contribution in [0, 0.1) is 11.7 Å². The summed E-state index contributed by atoms with van der Waals surface area (Å²) < 4.78 is 17.7. The van der Waals surface area contributed by atoms with Crippen LogP contribution >= 0.6 is 0 Å². The zero-order valence-electron chi connectivity index (χ0n) is 34.0. The summed E-state index contributed by atoms with van der Waals surface area (Å²) in [6, 6.07) is 11.1. The van der Waals surface area contributed by atoms with Gasteiger partial charge in [-0.3, -0.25) is 29.3 Å². The largest absolute Gasteiger partial charge is 0.369 e. The Bertz CT molecular complexity index is 2330. The molecule has 7 heterocycles. The van der Waals surface area contributed by atoms with E-state index < -0.39 is 17.6 Å². The molecule has 60 heavy (non-hydrogen) atoms. The van der Waals surface area contributed by atoms with E-state index in [4.69, 9.17) is 10.8 Å². The maximum atomic E-state index is 15.8. The topological polar surface area (TPSA) is 194 Å². The van der Waals surface area contributed by atoms with E-state index in [9.17, 15) is 19.2 Å². The number of carbonyl (C=O) groups excluding carboxylic acids is 4. The first-order chi connectivity index (χ1) is 29.0. The summed E-state index contributed by atoms with van der Waals surface area (Å²) in [5.74, 6) is -1.31. The molecule has 4 aromatic rings. The average Bonchev–Trinajstić information content (AvgIpc) is 3.95. The van der Waals surface area contributed by atoms with Crippen LogP contribution < -0.4 is 31.1 Å². The zero-order chi connectivity index (χ0) is 41.7. The number of halogens is 1. The maximum absolute atomic E-state index is 15.8. The molecule has 5 fully saturated rings. The smallest absolute Gasteiger partial charge is 0.320 e. The number of para-hydroxylation sites is 1. The third-order valence-electron chi connectivity index (χ3n) is 12.8. The highest BCUT2D eigenvalue weighted by Crippen LogP contribution is 2.37. The summed E-state index contributed by atoms with van der Waals surface area (Å²) in [5.41, 5.74) is 9.21. The standard InChI is InChI=1S/C41H51FN14O4/c1-50-15-20-56(41(50)60)27-5-4-13-55(24-27)40-46-38(35(37(43)58)47-48-40)44-26-8-10-31(30(42)21-26)53-18-16-52(17-19-53)22-25-12-14-54(23-25)32-7-3-6-28-34(49-51(2)36(28)32)29-9-11-33(57)45-39(29)59/h3,6-8,10,21,25,27,29H,4-5,9,11-20,22-24H2,1-2H3,(H2,43,58)(H,44,46,48)(H,45,57,59)/t25?,27-,29?/m1/s1. The SMILES string of the molecule is CN1CCN([C@@H]2CCCN(c3nnc(C(N)=O)c(Nc4ccc(N5CCN(CC6CCN(c7cccc8c(C9CCC(=O)NC9=O)nn(C)c78)C6)CC5)c(F)c4)n3)C2)C1=O. The summed E-state index contributed by atoms with van der Waals surface area (Å²) in [6.07, 6.45) is 3.53. The van der Waals surface area contributed by atoms with Gasteiger partial charge in [-0.2, -0.15) is 10.1 Å². The van der Waals surface area contributed by atoms with E-state index in [1.54, 1.807) is 24.1 Å². The number of imide groups is 1. The van der Waals surface area contributed by atoms with E-state index in [0.29, 0.717) is 75.4 Å². The molecular formula is C41H51FN14O4. The van der Waals surface area contributed by atoms with Gasteiger partial charge in [-0.05, 0) is 55.9 Å². The van der Waals surface area contributed by atoms with Crippen molar-refractivity contribution in [2.45, 2.75) is 44.1 Å². The number of aromatic nitrogens is 5. The Balaban J connectivity index is 0.807. The van der Waals surface area contributed by atoms with Crippen molar-refractivity contribution in [1.29, 1.82) is 0 Å². The number of anilines is 5. The summed E-state index contributed by atoms with van der Waals surface area (Å²) in [7, 11) is 3.71. The highest BCUT2D eigenvalue weighted by atomic mass is 19.1. The Morgan fingerprint density at radius 1 is 0.900 bits per heavy atom. The minimum Gasteiger partial charge on any atom is -0.369 e. The van der Waals surface area contributed by atoms with Crippen molar-refractivity contribution < 1.29 is 23.6 Å². The van der Waals surface area contributed by atoms with E-state index in [0.717, 1.165) is 74.3 Å². The van der Waals surface area contributed by atoms with Gasteiger partial charge in [-0.25, -0.2) is 9.18 Å². The van der Waals surface area contributed by atoms with Crippen LogP contribution in [-0.2, 0) is 16.6 Å². The molecule has 316 valence electrons. The molecule has 5 amide bonds. The van der Waals surface area contributed by atoms with Crippen LogP contribution in [-0.4, -0.2) is 148 Å². The average molecular weight is 823 g/mol. The monoisotopic (exact) mass is 822 g/mol. The lowest BCUT2D eigenvalue weighted by Crippen LogP contribution is -2.49. The number of piperidine rings is 2. The number of nitrogens with zero attached hydrogens (tertiary/aromatic N) is 11. The van der Waals surface area contributed by atoms with Crippen LogP contribution in [0.1, 0.15) is 54.2 Å². The van der Waals surface area contributed by atoms with Crippen molar-refractivity contribution >= 4 is 63.5 Å². The number of likely N-dealkylation sites (N-methyl/N-ethyl adjacent to an activating group) is 1. The number of hydrogen-bond donors (Lipinski definition) is 3. The Morgan fingerprint density at radius 2 is 1.73 bits per heavy atom. The van der Waals surface area contributed by atoms with E-state index in [1.807, 2.05) is 33.7 Å². The summed E-state index contributed by atoms with van der Waals surface area (Å²) in [6.45, 7) is 8.29. The number of urea groups is 1. The molecule has 2 unspecified atom stereocenters. The molecule has 4 N–H and O–H groups in total. The van der Waals surface area contributed by atoms with Crippen molar-refractivity contribution in [3.05, 3.63) is 53.6 Å². The Labute approximate surface area is 346 Å². The van der Waals surface area contributed by atoms with Crippen LogP contribution in [0.25, 0.3) is 10.9 Å². The predicted molar refractivity (Wildman–Crippen MR) is 223 cm³/mol. The summed E-state index contributed by atoms with van der Waals surface area (Å²) in [4.78, 5) is 66.6. The Morgan fingerprint density at radius 3 is 2.48 bits per heavy atom. The number of primary amides is 1. The first-order valence-electron chi connectivity index (χ1n) is 20.9. The van der Waals surface area contributed by atoms with E-state index in [2.05, 4.69) is 46.6 Å². The van der Waals surface area contributed by atoms with E-state index in [1.165, 1.54) is 6.07 Å². The number of aryl methyl sites for hydroxylation is 1. The van der Waals surface area contributed by atoms with E-state index in [-0.39, 0.29) is 35.4 Å². The molecule has 3 atom stereocenters. The van der Waals surface area contributed by atoms with Gasteiger partial charge in [-0.15, -0.1) is 10.2 Å². The molecule has 0 spiro atoms. The fourth-order valence-electron chi connectivity index (χ4n) is 9.63. The third-order valence-corrected chi connectivity index (χ3v) is 12.8. The number of hydrogen-bond acceptors (Lipinski definition) is 13. The number of piperazine rings is 1. The number of benzene rings is 2. The van der Waals surface area contributed by atoms with Crippen LogP contribution in [0.3, 0.4) is 0 Å². The van der Waals surface area contributed by atoms with Gasteiger partial charge in [0.2, 0.25) is 17.8 Å². The van der Waals surface area contributed by atoms with Gasteiger partial charge in [0.25, 0.3) is 5.91 Å². The predicted octanol–water partition coefficient (Wildman–Crippen LogP) is 2.24. The van der Waals surface area contributed by atoms with Crippen molar-refractivity contribution in [2.75, 3.05) is 99.1 Å². The van der Waals surface area contributed by atoms with Crippen LogP contribution in [0.5, 0.6) is 0 Å². The summed E-state index contributed by atoms with van der Waals surface area (Å²) in [5, 5.41) is 19.6. The highest BCUT2D eigenvalue weighted by Gasteiger charge is 2.36. The van der Waals surface area contributed by atoms with Gasteiger partial charge in [0.15, 0.2) is 11.5 Å². The molecule has 2 aromatic carbocycles. The van der Waals surface area contributed by atoms with Gasteiger partial charge < -0.3 is 35.6 Å². The number of nitrogens with one attached hydrogen (secondary N) is 2. The molecule has 0 aliphatic carbocycles. The second-order valence-corrected chi connectivity index (χ2v) is 16.7. The maximum Gasteiger partial charge on any atom is 0.320 e. The number of nitrogens with two attached hydrogens (primary N) is 1. The molecule has 5 aliphatic heterocycles. The second kappa shape index (κ2) is 16.2. The number of fused-ring (bicyclic) bond motifs is 1. The van der Waals surface area contributed by atoms with Crippen LogP contribution in [0.4, 0.5) is 38.0 Å². The molecule has 9 rings (SSSR count). The fourth-order valence-corrected chi connectivity index (χ4v) is 9.63. The molecule has 0 radical (unpaired) electrons. The second-order valence-electron chi connectivity index (χ2n) is 16.7. The highest BCUT2D eigenvalue weighted by molar-refractivity contribution is 6.03. The van der Waals surface area contributed by atoms with Gasteiger partial charge in [0.05, 0.1) is 34.5 Å². The van der Waals surface area contributed by atoms with Gasteiger partial charge in [0.1, 0.15) is 5.82 Å². The third kappa shape index (κ3) is 7.61. The van der Waals surface area contributed by atoms with Gasteiger partial charge in [0, 0.05) is 104 Å². The van der Waals surface area contributed by atoms with E-state index >= 15 is 4.39 Å².